The van der Waals surface area contributed by atoms with Gasteiger partial charge in [-0.3, -0.25) is 5.32 Å². The smallest absolute Gasteiger partial charge is 0.432 e. The van der Waals surface area contributed by atoms with Crippen molar-refractivity contribution in [2.45, 2.75) is 24.6 Å². The topological polar surface area (TPSA) is 108 Å². The van der Waals surface area contributed by atoms with E-state index in [1.807, 2.05) is 0 Å². The highest BCUT2D eigenvalue weighted by molar-refractivity contribution is 6.31. The molecule has 8 nitrogen and oxygen atoms in total. The highest BCUT2D eigenvalue weighted by Gasteiger charge is 2.39. The first-order valence-electron chi connectivity index (χ1n) is 9.86. The van der Waals surface area contributed by atoms with Gasteiger partial charge in [-0.05, 0) is 42.7 Å². The molecule has 0 atom stereocenters. The van der Waals surface area contributed by atoms with Crippen molar-refractivity contribution >= 4 is 40.4 Å². The number of piperidine rings is 1. The van der Waals surface area contributed by atoms with Crippen LogP contribution in [0, 0.1) is 0 Å². The van der Waals surface area contributed by atoms with E-state index in [0.717, 1.165) is 16.8 Å². The average Bonchev–Trinajstić information content (AvgIpc) is 3.12. The first kappa shape index (κ1) is 22.9. The van der Waals surface area contributed by atoms with E-state index in [-0.39, 0.29) is 37.3 Å². The number of urea groups is 1. The molecule has 0 unspecified atom stereocenters. The number of halogens is 4. The zero-order chi connectivity index (χ0) is 24.0. The highest BCUT2D eigenvalue weighted by Crippen LogP contribution is 2.40. The van der Waals surface area contributed by atoms with Crippen LogP contribution >= 0.6 is 11.6 Å². The van der Waals surface area contributed by atoms with Crippen LogP contribution in [0.1, 0.15) is 24.0 Å². The number of amides is 2. The predicted octanol–water partition coefficient (Wildman–Crippen LogP) is 4.75. The van der Waals surface area contributed by atoms with Crippen LogP contribution in [0.25, 0.3) is 10.9 Å². The molecule has 1 aliphatic rings. The monoisotopic (exact) mass is 482 g/mol. The Morgan fingerprint density at radius 3 is 2.42 bits per heavy atom. The van der Waals surface area contributed by atoms with Crippen LogP contribution in [0.5, 0.6) is 0 Å². The molecule has 12 heteroatoms. The number of nitrogens with zero attached hydrogens (tertiary/aromatic N) is 3. The minimum Gasteiger partial charge on any atom is -0.463 e. The quantitative estimate of drug-likeness (QED) is 0.488. The fourth-order valence-corrected chi connectivity index (χ4v) is 4.11. The SMILES string of the molecule is O=C(Nc1nn(C(=O)O)c2ccccc12)N1CCC(O)(c2ccc(Cl)c(C(F)(F)F)c2)CC1. The number of carbonyl (C=O) groups is 2. The normalized spacial score (nSPS) is 16.1. The van der Waals surface area contributed by atoms with Gasteiger partial charge in [0.15, 0.2) is 5.82 Å². The van der Waals surface area contributed by atoms with Gasteiger partial charge < -0.3 is 15.1 Å². The number of rotatable bonds is 2. The number of fused-ring (bicyclic) bond motifs is 1. The lowest BCUT2D eigenvalue weighted by Gasteiger charge is -2.38. The van der Waals surface area contributed by atoms with Gasteiger partial charge in [-0.2, -0.15) is 17.9 Å². The Bertz CT molecular complexity index is 1240. The molecule has 0 spiro atoms. The highest BCUT2D eigenvalue weighted by atomic mass is 35.5. The number of carbonyl (C=O) groups excluding carboxylic acids is 1. The van der Waals surface area contributed by atoms with Crippen LogP contribution in [0.2, 0.25) is 5.02 Å². The summed E-state index contributed by atoms with van der Waals surface area (Å²) in [5.41, 5.74) is -2.21. The van der Waals surface area contributed by atoms with E-state index in [4.69, 9.17) is 11.6 Å². The van der Waals surface area contributed by atoms with Crippen molar-refractivity contribution in [3.05, 3.63) is 58.6 Å². The lowest BCUT2D eigenvalue weighted by Crippen LogP contribution is -2.46. The third-order valence-corrected chi connectivity index (χ3v) is 6.01. The summed E-state index contributed by atoms with van der Waals surface area (Å²) in [5.74, 6) is 0.0614. The zero-order valence-electron chi connectivity index (χ0n) is 16.9. The first-order chi connectivity index (χ1) is 15.5. The summed E-state index contributed by atoms with van der Waals surface area (Å²) in [7, 11) is 0. The Labute approximate surface area is 190 Å². The number of aromatic nitrogens is 2. The molecule has 1 aromatic heterocycles. The number of carboxylic acid groups (broad SMARTS) is 1. The van der Waals surface area contributed by atoms with Gasteiger partial charge >= 0.3 is 18.3 Å². The lowest BCUT2D eigenvalue weighted by atomic mass is 9.84. The van der Waals surface area contributed by atoms with Gasteiger partial charge in [0.05, 0.1) is 21.7 Å². The van der Waals surface area contributed by atoms with Gasteiger partial charge in [0.25, 0.3) is 0 Å². The number of para-hydroxylation sites is 1. The van der Waals surface area contributed by atoms with Gasteiger partial charge in [-0.25, -0.2) is 9.59 Å². The molecule has 3 aromatic rings. The Balaban J connectivity index is 1.49. The number of aliphatic hydroxyl groups is 1. The van der Waals surface area contributed by atoms with Crippen LogP contribution < -0.4 is 5.32 Å². The fraction of sp³-hybridized carbons (Fsp3) is 0.286. The Morgan fingerprint density at radius 1 is 1.12 bits per heavy atom. The second-order valence-electron chi connectivity index (χ2n) is 7.70. The van der Waals surface area contributed by atoms with Crippen LogP contribution in [0.15, 0.2) is 42.5 Å². The molecule has 2 aromatic carbocycles. The molecule has 0 aliphatic carbocycles. The number of likely N-dealkylation sites (tertiary alicyclic amines) is 1. The van der Waals surface area contributed by atoms with Gasteiger partial charge in [0.1, 0.15) is 0 Å². The Kier molecular flexibility index (Phi) is 5.71. The average molecular weight is 483 g/mol. The van der Waals surface area contributed by atoms with Crippen LogP contribution in [0.3, 0.4) is 0 Å². The largest absolute Gasteiger partial charge is 0.463 e. The van der Waals surface area contributed by atoms with Crippen LogP contribution in [-0.2, 0) is 11.8 Å². The van der Waals surface area contributed by atoms with Gasteiger partial charge in [0.2, 0.25) is 0 Å². The summed E-state index contributed by atoms with van der Waals surface area (Å²) in [6, 6.07) is 9.20. The standard InChI is InChI=1S/C21H18ClF3N4O4/c22-15-6-5-12(11-14(15)21(23,24)25)20(33)7-9-28(10-8-20)18(30)26-17-13-3-1-2-4-16(13)29(27-17)19(31)32/h1-6,11,33H,7-10H2,(H,31,32)(H,26,27,30). The number of nitrogens with one attached hydrogen (secondary N) is 1. The first-order valence-corrected chi connectivity index (χ1v) is 10.2. The molecule has 0 saturated carbocycles. The minimum absolute atomic E-state index is 0.00363. The predicted molar refractivity (Wildman–Crippen MR) is 113 cm³/mol. The summed E-state index contributed by atoms with van der Waals surface area (Å²) in [5, 5.41) is 26.8. The summed E-state index contributed by atoms with van der Waals surface area (Å²) in [4.78, 5) is 25.5. The molecule has 2 heterocycles. The number of alkyl halides is 3. The number of hydrogen-bond donors (Lipinski definition) is 3. The van der Waals surface area contributed by atoms with E-state index >= 15 is 0 Å². The summed E-state index contributed by atoms with van der Waals surface area (Å²) in [6.07, 6.45) is -5.96. The van der Waals surface area contributed by atoms with Gasteiger partial charge in [0, 0.05) is 18.5 Å². The Morgan fingerprint density at radius 2 is 1.79 bits per heavy atom. The number of benzene rings is 2. The van der Waals surface area contributed by atoms with Crippen molar-refractivity contribution in [3.63, 3.8) is 0 Å². The van der Waals surface area contributed by atoms with Crippen LogP contribution in [-0.4, -0.2) is 50.1 Å². The van der Waals surface area contributed by atoms with Crippen molar-refractivity contribution < 1.29 is 33.0 Å². The molecule has 33 heavy (non-hydrogen) atoms. The molecule has 1 fully saturated rings. The van der Waals surface area contributed by atoms with Crippen LogP contribution in [0.4, 0.5) is 28.6 Å². The molecule has 4 rings (SSSR count). The van der Waals surface area contributed by atoms with Gasteiger partial charge in [-0.1, -0.05) is 29.8 Å². The van der Waals surface area contributed by atoms with E-state index < -0.39 is 34.5 Å². The molecular formula is C21H18ClF3N4O4. The molecule has 2 amide bonds. The van der Waals surface area contributed by atoms with Crippen molar-refractivity contribution in [2.24, 2.45) is 0 Å². The van der Waals surface area contributed by atoms with E-state index in [2.05, 4.69) is 10.4 Å². The van der Waals surface area contributed by atoms with Crippen molar-refractivity contribution in [1.29, 1.82) is 0 Å². The molecular weight excluding hydrogens is 465 g/mol. The molecule has 0 radical (unpaired) electrons. The second kappa shape index (κ2) is 8.23. The molecule has 1 saturated heterocycles. The molecule has 0 bridgehead atoms. The summed E-state index contributed by atoms with van der Waals surface area (Å²) >= 11 is 5.66. The third kappa shape index (κ3) is 4.33. The Hall–Kier alpha value is -3.31. The maximum absolute atomic E-state index is 13.2. The fourth-order valence-electron chi connectivity index (χ4n) is 3.89. The summed E-state index contributed by atoms with van der Waals surface area (Å²) < 4.78 is 40.3. The zero-order valence-corrected chi connectivity index (χ0v) is 17.7. The number of anilines is 1. The number of hydrogen-bond acceptors (Lipinski definition) is 4. The van der Waals surface area contributed by atoms with E-state index in [0.29, 0.717) is 10.9 Å². The molecule has 174 valence electrons. The van der Waals surface area contributed by atoms with E-state index in [1.54, 1.807) is 24.3 Å². The third-order valence-electron chi connectivity index (χ3n) is 5.68. The maximum atomic E-state index is 13.2. The summed E-state index contributed by atoms with van der Waals surface area (Å²) in [6.45, 7) is 0.119. The molecule has 3 N–H and O–H groups in total. The maximum Gasteiger partial charge on any atom is 0.432 e. The second-order valence-corrected chi connectivity index (χ2v) is 8.11. The van der Waals surface area contributed by atoms with Crippen molar-refractivity contribution in [2.75, 3.05) is 18.4 Å². The lowest BCUT2D eigenvalue weighted by molar-refractivity contribution is -0.137. The van der Waals surface area contributed by atoms with Crippen molar-refractivity contribution in [1.82, 2.24) is 14.7 Å². The van der Waals surface area contributed by atoms with E-state index in [9.17, 15) is 33.0 Å². The molecule has 1 aliphatic heterocycles. The minimum atomic E-state index is -4.66. The van der Waals surface area contributed by atoms with Gasteiger partial charge in [-0.15, -0.1) is 5.10 Å². The van der Waals surface area contributed by atoms with Crippen molar-refractivity contribution in [3.8, 4) is 0 Å². The van der Waals surface area contributed by atoms with E-state index in [1.165, 1.54) is 11.0 Å².